The van der Waals surface area contributed by atoms with Crippen LogP contribution in [0, 0.1) is 0 Å². The van der Waals surface area contributed by atoms with Crippen LogP contribution < -0.4 is 0 Å². The number of rotatable bonds is 7. The van der Waals surface area contributed by atoms with E-state index in [2.05, 4.69) is 20.3 Å². The molecule has 0 spiro atoms. The summed E-state index contributed by atoms with van der Waals surface area (Å²) in [5, 5.41) is 10.6. The van der Waals surface area contributed by atoms with Crippen LogP contribution >= 0.6 is 0 Å². The van der Waals surface area contributed by atoms with Gasteiger partial charge in [-0.25, -0.2) is 0 Å². The predicted molar refractivity (Wildman–Crippen MR) is 82.3 cm³/mol. The van der Waals surface area contributed by atoms with Crippen molar-refractivity contribution >= 4 is 5.91 Å². The minimum atomic E-state index is -0.0219. The molecule has 3 heterocycles. The molecule has 2 aromatic rings. The van der Waals surface area contributed by atoms with E-state index in [9.17, 15) is 4.79 Å². The number of H-pyrrole nitrogens is 1. The van der Waals surface area contributed by atoms with E-state index in [4.69, 9.17) is 14.0 Å². The maximum atomic E-state index is 12.3. The van der Waals surface area contributed by atoms with Gasteiger partial charge in [-0.1, -0.05) is 5.16 Å². The number of amides is 1. The lowest BCUT2D eigenvalue weighted by Crippen LogP contribution is -2.38. The van der Waals surface area contributed by atoms with E-state index in [1.165, 1.54) is 0 Å². The minimum Gasteiger partial charge on any atom is -0.382 e. The van der Waals surface area contributed by atoms with Gasteiger partial charge in [0.05, 0.1) is 13.2 Å². The summed E-state index contributed by atoms with van der Waals surface area (Å²) in [6.45, 7) is 2.63. The van der Waals surface area contributed by atoms with E-state index in [1.807, 2.05) is 4.90 Å². The standard InChI is InChI=1S/C15H21N5O4/c1-22-8-9-23-10-13-17-14(19-24-13)11-3-6-20(7-4-11)15(21)12-2-5-16-18-12/h2,5,11H,3-4,6-10H2,1H3,(H,16,18). The Kier molecular flexibility index (Phi) is 5.55. The molecule has 1 fully saturated rings. The van der Waals surface area contributed by atoms with Gasteiger partial charge in [0.15, 0.2) is 5.82 Å². The number of aromatic amines is 1. The molecule has 1 saturated heterocycles. The molecule has 0 radical (unpaired) electrons. The maximum absolute atomic E-state index is 12.3. The van der Waals surface area contributed by atoms with Crippen molar-refractivity contribution in [2.24, 2.45) is 0 Å². The zero-order chi connectivity index (χ0) is 16.8. The van der Waals surface area contributed by atoms with E-state index in [-0.39, 0.29) is 18.4 Å². The molecule has 2 aromatic heterocycles. The third kappa shape index (κ3) is 3.98. The van der Waals surface area contributed by atoms with Crippen LogP contribution in [0.2, 0.25) is 0 Å². The normalized spacial score (nSPS) is 15.8. The number of hydrogen-bond donors (Lipinski definition) is 1. The molecule has 1 aliphatic heterocycles. The predicted octanol–water partition coefficient (Wildman–Crippen LogP) is 0.976. The number of nitrogens with zero attached hydrogens (tertiary/aromatic N) is 4. The second-order valence-corrected chi connectivity index (χ2v) is 5.63. The Morgan fingerprint density at radius 1 is 1.42 bits per heavy atom. The topological polar surface area (TPSA) is 106 Å². The molecule has 0 bridgehead atoms. The highest BCUT2D eigenvalue weighted by Gasteiger charge is 2.27. The van der Waals surface area contributed by atoms with Crippen LogP contribution in [0.5, 0.6) is 0 Å². The fraction of sp³-hybridized carbons (Fsp3) is 0.600. The first-order chi connectivity index (χ1) is 11.8. The molecule has 0 aromatic carbocycles. The first-order valence-electron chi connectivity index (χ1n) is 7.95. The van der Waals surface area contributed by atoms with Crippen LogP contribution in [0.3, 0.4) is 0 Å². The molecule has 9 nitrogen and oxygen atoms in total. The lowest BCUT2D eigenvalue weighted by Gasteiger charge is -2.30. The number of carbonyl (C=O) groups is 1. The number of hydrogen-bond acceptors (Lipinski definition) is 7. The number of carbonyl (C=O) groups excluding carboxylic acids is 1. The maximum Gasteiger partial charge on any atom is 0.271 e. The van der Waals surface area contributed by atoms with Crippen molar-refractivity contribution in [3.8, 4) is 0 Å². The van der Waals surface area contributed by atoms with Crippen LogP contribution in [-0.4, -0.2) is 64.6 Å². The van der Waals surface area contributed by atoms with E-state index >= 15 is 0 Å². The molecule has 0 aliphatic carbocycles. The van der Waals surface area contributed by atoms with Gasteiger partial charge in [-0.2, -0.15) is 10.1 Å². The summed E-state index contributed by atoms with van der Waals surface area (Å²) in [6.07, 6.45) is 3.20. The second kappa shape index (κ2) is 8.02. The molecule has 24 heavy (non-hydrogen) atoms. The Labute approximate surface area is 139 Å². The van der Waals surface area contributed by atoms with Crippen molar-refractivity contribution < 1.29 is 18.8 Å². The zero-order valence-electron chi connectivity index (χ0n) is 13.6. The average molecular weight is 335 g/mol. The first-order valence-corrected chi connectivity index (χ1v) is 7.95. The number of methoxy groups -OCH3 is 1. The van der Waals surface area contributed by atoms with E-state index in [1.54, 1.807) is 19.4 Å². The van der Waals surface area contributed by atoms with Crippen molar-refractivity contribution in [1.29, 1.82) is 0 Å². The van der Waals surface area contributed by atoms with E-state index < -0.39 is 0 Å². The highest BCUT2D eigenvalue weighted by atomic mass is 16.5. The molecule has 9 heteroatoms. The number of aromatic nitrogens is 4. The second-order valence-electron chi connectivity index (χ2n) is 5.63. The van der Waals surface area contributed by atoms with Crippen LogP contribution in [0.15, 0.2) is 16.8 Å². The van der Waals surface area contributed by atoms with Gasteiger partial charge in [-0.05, 0) is 18.9 Å². The summed E-state index contributed by atoms with van der Waals surface area (Å²) in [7, 11) is 1.62. The van der Waals surface area contributed by atoms with Gasteiger partial charge in [0, 0.05) is 32.3 Å². The summed E-state index contributed by atoms with van der Waals surface area (Å²) in [6, 6.07) is 1.68. The Morgan fingerprint density at radius 3 is 2.96 bits per heavy atom. The van der Waals surface area contributed by atoms with Gasteiger partial charge < -0.3 is 18.9 Å². The van der Waals surface area contributed by atoms with Crippen LogP contribution in [0.25, 0.3) is 0 Å². The van der Waals surface area contributed by atoms with Crippen LogP contribution in [0.1, 0.15) is 41.0 Å². The number of ether oxygens (including phenoxy) is 2. The third-order valence-electron chi connectivity index (χ3n) is 4.02. The SMILES string of the molecule is COCCOCc1nc(C2CCN(C(=O)c3ccn[nH]3)CC2)no1. The number of likely N-dealkylation sites (tertiary alicyclic amines) is 1. The van der Waals surface area contributed by atoms with Crippen molar-refractivity contribution in [1.82, 2.24) is 25.2 Å². The zero-order valence-corrected chi connectivity index (χ0v) is 13.6. The number of piperidine rings is 1. The summed E-state index contributed by atoms with van der Waals surface area (Å²) in [4.78, 5) is 18.5. The third-order valence-corrected chi connectivity index (χ3v) is 4.02. The quantitative estimate of drug-likeness (QED) is 0.752. The van der Waals surface area contributed by atoms with E-state index in [0.29, 0.717) is 43.7 Å². The Balaban J connectivity index is 1.48. The molecule has 0 unspecified atom stereocenters. The van der Waals surface area contributed by atoms with Gasteiger partial charge in [0.2, 0.25) is 0 Å². The molecule has 130 valence electrons. The highest BCUT2D eigenvalue weighted by Crippen LogP contribution is 2.26. The number of nitrogens with one attached hydrogen (secondary N) is 1. The molecule has 0 atom stereocenters. The van der Waals surface area contributed by atoms with Crippen molar-refractivity contribution in [2.75, 3.05) is 33.4 Å². The Morgan fingerprint density at radius 2 is 2.25 bits per heavy atom. The highest BCUT2D eigenvalue weighted by molar-refractivity contribution is 5.92. The molecular weight excluding hydrogens is 314 g/mol. The average Bonchev–Trinajstić information content (AvgIpc) is 3.30. The largest absolute Gasteiger partial charge is 0.382 e. The van der Waals surface area contributed by atoms with Gasteiger partial charge in [0.25, 0.3) is 11.8 Å². The summed E-state index contributed by atoms with van der Waals surface area (Å²) < 4.78 is 15.5. The monoisotopic (exact) mass is 335 g/mol. The van der Waals surface area contributed by atoms with Gasteiger partial charge in [-0.15, -0.1) is 0 Å². The molecular formula is C15H21N5O4. The lowest BCUT2D eigenvalue weighted by atomic mass is 9.96. The van der Waals surface area contributed by atoms with Crippen molar-refractivity contribution in [2.45, 2.75) is 25.4 Å². The fourth-order valence-electron chi connectivity index (χ4n) is 2.68. The molecule has 1 aliphatic rings. The Hall–Kier alpha value is -2.26. The lowest BCUT2D eigenvalue weighted by molar-refractivity contribution is 0.0494. The first kappa shape index (κ1) is 16.6. The molecule has 1 amide bonds. The minimum absolute atomic E-state index is 0.0219. The van der Waals surface area contributed by atoms with Gasteiger partial charge in [0.1, 0.15) is 12.3 Å². The van der Waals surface area contributed by atoms with E-state index in [0.717, 1.165) is 12.8 Å². The van der Waals surface area contributed by atoms with Gasteiger partial charge in [-0.3, -0.25) is 9.89 Å². The molecule has 0 saturated carbocycles. The smallest absolute Gasteiger partial charge is 0.271 e. The van der Waals surface area contributed by atoms with Crippen molar-refractivity contribution in [3.63, 3.8) is 0 Å². The van der Waals surface area contributed by atoms with Gasteiger partial charge >= 0.3 is 0 Å². The molecule has 3 rings (SSSR count). The fourth-order valence-corrected chi connectivity index (χ4v) is 2.68. The summed E-state index contributed by atoms with van der Waals surface area (Å²) >= 11 is 0. The van der Waals surface area contributed by atoms with Crippen LogP contribution in [-0.2, 0) is 16.1 Å². The van der Waals surface area contributed by atoms with Crippen molar-refractivity contribution in [3.05, 3.63) is 29.7 Å². The summed E-state index contributed by atoms with van der Waals surface area (Å²) in [5.41, 5.74) is 0.517. The van der Waals surface area contributed by atoms with Crippen LogP contribution in [0.4, 0.5) is 0 Å². The summed E-state index contributed by atoms with van der Waals surface area (Å²) in [5.74, 6) is 1.34. The molecule has 1 N–H and O–H groups in total. The Bertz CT molecular complexity index is 634.